The van der Waals surface area contributed by atoms with Gasteiger partial charge in [-0.1, -0.05) is 6.92 Å². The van der Waals surface area contributed by atoms with E-state index in [9.17, 15) is 4.39 Å². The maximum Gasteiger partial charge on any atom is 0.180 e. The van der Waals surface area contributed by atoms with Gasteiger partial charge in [-0.05, 0) is 24.3 Å². The number of fused-ring (bicyclic) bond motifs is 1. The SMILES string of the molecule is CC(c1cc(F)ccc1OCCN)c1nn2ccc(N)nc2c1N. The summed E-state index contributed by atoms with van der Waals surface area (Å²) in [7, 11) is 0. The van der Waals surface area contributed by atoms with Crippen LogP contribution in [0.1, 0.15) is 24.1 Å². The molecule has 1 atom stereocenters. The van der Waals surface area contributed by atoms with Crippen molar-refractivity contribution in [2.75, 3.05) is 24.6 Å². The first-order valence-electron chi connectivity index (χ1n) is 7.53. The van der Waals surface area contributed by atoms with E-state index < -0.39 is 0 Å². The standard InChI is InChI=1S/C16H19FN6O/c1-9(11-8-10(17)2-3-12(11)24-7-5-18)15-14(20)16-21-13(19)4-6-23(16)22-15/h2-4,6,8-9H,5,7,18,20H2,1H3,(H2,19,21). The summed E-state index contributed by atoms with van der Waals surface area (Å²) in [6.07, 6.45) is 1.68. The van der Waals surface area contributed by atoms with Crippen molar-refractivity contribution in [3.8, 4) is 5.75 Å². The zero-order valence-corrected chi connectivity index (χ0v) is 13.2. The molecular formula is C16H19FN6O. The lowest BCUT2D eigenvalue weighted by Crippen LogP contribution is -2.12. The number of halogens is 1. The monoisotopic (exact) mass is 330 g/mol. The highest BCUT2D eigenvalue weighted by molar-refractivity contribution is 5.70. The minimum Gasteiger partial charge on any atom is -0.492 e. The zero-order valence-electron chi connectivity index (χ0n) is 13.2. The van der Waals surface area contributed by atoms with E-state index in [4.69, 9.17) is 21.9 Å². The van der Waals surface area contributed by atoms with Gasteiger partial charge in [0.05, 0.1) is 5.69 Å². The van der Waals surface area contributed by atoms with E-state index in [-0.39, 0.29) is 11.7 Å². The number of anilines is 2. The molecule has 0 amide bonds. The number of aromatic nitrogens is 3. The lowest BCUT2D eigenvalue weighted by atomic mass is 9.96. The van der Waals surface area contributed by atoms with E-state index in [1.165, 1.54) is 12.1 Å². The first-order valence-corrected chi connectivity index (χ1v) is 7.53. The van der Waals surface area contributed by atoms with Crippen molar-refractivity contribution in [3.63, 3.8) is 0 Å². The molecule has 3 rings (SSSR count). The van der Waals surface area contributed by atoms with Crippen molar-refractivity contribution in [1.82, 2.24) is 14.6 Å². The highest BCUT2D eigenvalue weighted by Crippen LogP contribution is 2.35. The molecule has 0 fully saturated rings. The molecule has 0 spiro atoms. The number of hydrogen-bond acceptors (Lipinski definition) is 6. The number of rotatable bonds is 5. The zero-order chi connectivity index (χ0) is 17.3. The molecule has 2 aromatic heterocycles. The summed E-state index contributed by atoms with van der Waals surface area (Å²) in [6, 6.07) is 5.98. The molecule has 6 N–H and O–H groups in total. The third-order valence-corrected chi connectivity index (χ3v) is 3.79. The van der Waals surface area contributed by atoms with Crippen LogP contribution in [0.5, 0.6) is 5.75 Å². The van der Waals surface area contributed by atoms with Crippen molar-refractivity contribution in [2.45, 2.75) is 12.8 Å². The van der Waals surface area contributed by atoms with Crippen LogP contribution in [0.3, 0.4) is 0 Å². The van der Waals surface area contributed by atoms with Gasteiger partial charge in [-0.15, -0.1) is 0 Å². The normalized spacial score (nSPS) is 12.5. The summed E-state index contributed by atoms with van der Waals surface area (Å²) >= 11 is 0. The Kier molecular flexibility index (Phi) is 4.22. The van der Waals surface area contributed by atoms with Crippen LogP contribution in [-0.4, -0.2) is 27.7 Å². The molecule has 0 aliphatic rings. The molecule has 0 radical (unpaired) electrons. The van der Waals surface area contributed by atoms with E-state index in [1.54, 1.807) is 22.8 Å². The van der Waals surface area contributed by atoms with Crippen LogP contribution in [0.15, 0.2) is 30.5 Å². The van der Waals surface area contributed by atoms with Crippen LogP contribution < -0.4 is 21.9 Å². The van der Waals surface area contributed by atoms with Gasteiger partial charge < -0.3 is 21.9 Å². The second-order valence-corrected chi connectivity index (χ2v) is 5.46. The number of hydrogen-bond donors (Lipinski definition) is 3. The van der Waals surface area contributed by atoms with E-state index >= 15 is 0 Å². The van der Waals surface area contributed by atoms with Crippen molar-refractivity contribution in [1.29, 1.82) is 0 Å². The van der Waals surface area contributed by atoms with Crippen molar-refractivity contribution in [3.05, 3.63) is 47.5 Å². The van der Waals surface area contributed by atoms with Crippen molar-refractivity contribution >= 4 is 17.2 Å². The Hall–Kier alpha value is -2.87. The second kappa shape index (κ2) is 6.32. The molecule has 0 aliphatic heterocycles. The van der Waals surface area contributed by atoms with Gasteiger partial charge in [0.1, 0.15) is 29.7 Å². The van der Waals surface area contributed by atoms with Gasteiger partial charge in [0.2, 0.25) is 0 Å². The molecule has 24 heavy (non-hydrogen) atoms. The average Bonchev–Trinajstić information content (AvgIpc) is 2.89. The molecule has 8 heteroatoms. The fraction of sp³-hybridized carbons (Fsp3) is 0.250. The van der Waals surface area contributed by atoms with Crippen LogP contribution in [0.4, 0.5) is 15.9 Å². The molecule has 3 aromatic rings. The summed E-state index contributed by atoms with van der Waals surface area (Å²) < 4.78 is 20.9. The first kappa shape index (κ1) is 16.0. The number of benzene rings is 1. The number of nitrogen functional groups attached to an aromatic ring is 2. The minimum atomic E-state index is -0.360. The van der Waals surface area contributed by atoms with Gasteiger partial charge in [-0.3, -0.25) is 0 Å². The lowest BCUT2D eigenvalue weighted by Gasteiger charge is -2.16. The topological polar surface area (TPSA) is 117 Å². The highest BCUT2D eigenvalue weighted by atomic mass is 19.1. The second-order valence-electron chi connectivity index (χ2n) is 5.46. The molecule has 1 aromatic carbocycles. The average molecular weight is 330 g/mol. The van der Waals surface area contributed by atoms with Gasteiger partial charge in [0.25, 0.3) is 0 Å². The molecule has 2 heterocycles. The fourth-order valence-corrected chi connectivity index (χ4v) is 2.60. The quantitative estimate of drug-likeness (QED) is 0.653. The Morgan fingerprint density at radius 1 is 1.29 bits per heavy atom. The molecule has 7 nitrogen and oxygen atoms in total. The Labute approximate surface area is 138 Å². The summed E-state index contributed by atoms with van der Waals surface area (Å²) in [5.74, 6) is 0.252. The van der Waals surface area contributed by atoms with Gasteiger partial charge in [0.15, 0.2) is 5.65 Å². The Morgan fingerprint density at radius 2 is 2.08 bits per heavy atom. The van der Waals surface area contributed by atoms with Crippen molar-refractivity contribution < 1.29 is 9.13 Å². The van der Waals surface area contributed by atoms with Crippen molar-refractivity contribution in [2.24, 2.45) is 5.73 Å². The van der Waals surface area contributed by atoms with Gasteiger partial charge in [-0.2, -0.15) is 5.10 Å². The van der Waals surface area contributed by atoms with E-state index in [2.05, 4.69) is 10.1 Å². The fourth-order valence-electron chi connectivity index (χ4n) is 2.60. The van der Waals surface area contributed by atoms with E-state index in [1.807, 2.05) is 6.92 Å². The van der Waals surface area contributed by atoms with Crippen LogP contribution in [0, 0.1) is 5.82 Å². The Morgan fingerprint density at radius 3 is 2.83 bits per heavy atom. The van der Waals surface area contributed by atoms with Crippen LogP contribution in [0.25, 0.3) is 5.65 Å². The maximum atomic E-state index is 13.7. The molecule has 0 bridgehead atoms. The molecule has 0 saturated heterocycles. The summed E-state index contributed by atoms with van der Waals surface area (Å²) in [4.78, 5) is 4.19. The predicted octanol–water partition coefficient (Wildman–Crippen LogP) is 1.52. The van der Waals surface area contributed by atoms with Gasteiger partial charge in [0, 0.05) is 24.2 Å². The summed E-state index contributed by atoms with van der Waals surface area (Å²) in [5, 5.41) is 4.45. The van der Waals surface area contributed by atoms with Crippen LogP contribution >= 0.6 is 0 Å². The Balaban J connectivity index is 2.07. The van der Waals surface area contributed by atoms with E-state index in [0.717, 1.165) is 0 Å². The number of nitrogens with zero attached hydrogens (tertiary/aromatic N) is 3. The molecule has 0 saturated carbocycles. The smallest absolute Gasteiger partial charge is 0.180 e. The first-order chi connectivity index (χ1) is 11.5. The molecular weight excluding hydrogens is 311 g/mol. The lowest BCUT2D eigenvalue weighted by molar-refractivity contribution is 0.323. The number of ether oxygens (including phenoxy) is 1. The largest absolute Gasteiger partial charge is 0.492 e. The van der Waals surface area contributed by atoms with Crippen LogP contribution in [0.2, 0.25) is 0 Å². The predicted molar refractivity (Wildman–Crippen MR) is 90.3 cm³/mol. The third kappa shape index (κ3) is 2.83. The molecule has 0 aliphatic carbocycles. The molecule has 1 unspecified atom stereocenters. The van der Waals surface area contributed by atoms with Crippen LogP contribution in [-0.2, 0) is 0 Å². The van der Waals surface area contributed by atoms with E-state index in [0.29, 0.717) is 47.3 Å². The molecule has 126 valence electrons. The Bertz CT molecular complexity index is 878. The highest BCUT2D eigenvalue weighted by Gasteiger charge is 2.22. The van der Waals surface area contributed by atoms with Gasteiger partial charge in [-0.25, -0.2) is 13.9 Å². The number of nitrogens with two attached hydrogens (primary N) is 3. The maximum absolute atomic E-state index is 13.7. The third-order valence-electron chi connectivity index (χ3n) is 3.79. The summed E-state index contributed by atoms with van der Waals surface area (Å²) in [6.45, 7) is 2.58. The minimum absolute atomic E-state index is 0.295. The van der Waals surface area contributed by atoms with Gasteiger partial charge >= 0.3 is 0 Å². The summed E-state index contributed by atoms with van der Waals surface area (Å²) in [5.41, 5.74) is 19.5.